The van der Waals surface area contributed by atoms with Crippen LogP contribution in [0.25, 0.3) is 0 Å². The van der Waals surface area contributed by atoms with Crippen LogP contribution in [-0.2, 0) is 6.54 Å². The number of nitrogens with one attached hydrogen (secondary N) is 2. The lowest BCUT2D eigenvalue weighted by Gasteiger charge is -2.21. The zero-order chi connectivity index (χ0) is 18.2. The Morgan fingerprint density at radius 2 is 1.96 bits per heavy atom. The molecular weight excluding hydrogens is 328 g/mol. The van der Waals surface area contributed by atoms with Gasteiger partial charge in [0.25, 0.3) is 0 Å². The summed E-state index contributed by atoms with van der Waals surface area (Å²) in [4.78, 5) is 19.0. The monoisotopic (exact) mass is 354 g/mol. The fraction of sp³-hybridized carbons (Fsp3) is 0.400. The fourth-order valence-corrected chi connectivity index (χ4v) is 3.07. The van der Waals surface area contributed by atoms with Gasteiger partial charge in [-0.1, -0.05) is 25.0 Å². The normalized spacial score (nSPS) is 14.4. The van der Waals surface area contributed by atoms with E-state index in [-0.39, 0.29) is 6.03 Å². The minimum atomic E-state index is -0.255. The number of aromatic nitrogens is 1. The van der Waals surface area contributed by atoms with Crippen molar-refractivity contribution in [3.8, 4) is 5.75 Å². The third-order valence-electron chi connectivity index (χ3n) is 4.52. The molecule has 138 valence electrons. The van der Waals surface area contributed by atoms with E-state index in [2.05, 4.69) is 20.5 Å². The van der Waals surface area contributed by atoms with Gasteiger partial charge in [0.05, 0.1) is 7.11 Å². The average Bonchev–Trinajstić information content (AvgIpc) is 2.96. The maximum atomic E-state index is 12.0. The zero-order valence-corrected chi connectivity index (χ0v) is 15.2. The van der Waals surface area contributed by atoms with Crippen molar-refractivity contribution >= 4 is 17.5 Å². The maximum Gasteiger partial charge on any atom is 0.319 e. The summed E-state index contributed by atoms with van der Waals surface area (Å²) in [7, 11) is 1.60. The third kappa shape index (κ3) is 5.12. The van der Waals surface area contributed by atoms with E-state index in [4.69, 9.17) is 4.74 Å². The summed E-state index contributed by atoms with van der Waals surface area (Å²) >= 11 is 0. The smallest absolute Gasteiger partial charge is 0.319 e. The topological polar surface area (TPSA) is 66.5 Å². The van der Waals surface area contributed by atoms with Crippen LogP contribution < -0.4 is 20.3 Å². The Labute approximate surface area is 154 Å². The fourth-order valence-electron chi connectivity index (χ4n) is 3.07. The molecule has 1 aliphatic heterocycles. The SMILES string of the molecule is COc1cccc(NC(=O)NCc2ccc(N3CCCCCC3)nc2)c1. The van der Waals surface area contributed by atoms with Gasteiger partial charge in [-0.2, -0.15) is 0 Å². The second-order valence-corrected chi connectivity index (χ2v) is 6.47. The number of pyridine rings is 1. The number of anilines is 2. The van der Waals surface area contributed by atoms with E-state index in [1.807, 2.05) is 36.5 Å². The molecule has 1 aromatic carbocycles. The van der Waals surface area contributed by atoms with Gasteiger partial charge in [0.1, 0.15) is 11.6 Å². The summed E-state index contributed by atoms with van der Waals surface area (Å²) in [6, 6.07) is 11.1. The molecule has 1 saturated heterocycles. The van der Waals surface area contributed by atoms with E-state index in [1.165, 1.54) is 25.7 Å². The van der Waals surface area contributed by atoms with E-state index in [0.29, 0.717) is 18.0 Å². The summed E-state index contributed by atoms with van der Waals surface area (Å²) in [5.74, 6) is 1.73. The Balaban J connectivity index is 1.50. The number of methoxy groups -OCH3 is 1. The van der Waals surface area contributed by atoms with Crippen LogP contribution in [0.2, 0.25) is 0 Å². The third-order valence-corrected chi connectivity index (χ3v) is 4.52. The average molecular weight is 354 g/mol. The van der Waals surface area contributed by atoms with Gasteiger partial charge in [-0.3, -0.25) is 0 Å². The molecule has 0 unspecified atom stereocenters. The molecule has 6 nitrogen and oxygen atoms in total. The van der Waals surface area contributed by atoms with Crippen LogP contribution in [0.5, 0.6) is 5.75 Å². The van der Waals surface area contributed by atoms with Crippen molar-refractivity contribution in [2.24, 2.45) is 0 Å². The second kappa shape index (κ2) is 9.08. The Hall–Kier alpha value is -2.76. The van der Waals surface area contributed by atoms with Crippen LogP contribution >= 0.6 is 0 Å². The van der Waals surface area contributed by atoms with Crippen LogP contribution in [0.3, 0.4) is 0 Å². The number of urea groups is 1. The predicted molar refractivity (Wildman–Crippen MR) is 104 cm³/mol. The Morgan fingerprint density at radius 3 is 2.65 bits per heavy atom. The van der Waals surface area contributed by atoms with Crippen LogP contribution in [-0.4, -0.2) is 31.2 Å². The molecular formula is C20H26N4O2. The van der Waals surface area contributed by atoms with E-state index in [9.17, 15) is 4.79 Å². The van der Waals surface area contributed by atoms with Gasteiger partial charge in [-0.05, 0) is 36.6 Å². The van der Waals surface area contributed by atoms with E-state index in [1.54, 1.807) is 13.2 Å². The lowest BCUT2D eigenvalue weighted by molar-refractivity contribution is 0.251. The van der Waals surface area contributed by atoms with Crippen molar-refractivity contribution in [3.63, 3.8) is 0 Å². The van der Waals surface area contributed by atoms with Gasteiger partial charge >= 0.3 is 6.03 Å². The maximum absolute atomic E-state index is 12.0. The molecule has 2 aromatic rings. The molecule has 1 fully saturated rings. The highest BCUT2D eigenvalue weighted by molar-refractivity contribution is 5.89. The molecule has 2 heterocycles. The number of carbonyl (C=O) groups excluding carboxylic acids is 1. The first kappa shape index (κ1) is 18.0. The number of carbonyl (C=O) groups is 1. The van der Waals surface area contributed by atoms with Gasteiger partial charge in [-0.25, -0.2) is 9.78 Å². The van der Waals surface area contributed by atoms with Crippen molar-refractivity contribution in [3.05, 3.63) is 48.2 Å². The highest BCUT2D eigenvalue weighted by Gasteiger charge is 2.11. The Morgan fingerprint density at radius 1 is 1.15 bits per heavy atom. The molecule has 0 radical (unpaired) electrons. The summed E-state index contributed by atoms with van der Waals surface area (Å²) in [6.45, 7) is 2.59. The molecule has 26 heavy (non-hydrogen) atoms. The Bertz CT molecular complexity index is 710. The van der Waals surface area contributed by atoms with Gasteiger partial charge < -0.3 is 20.3 Å². The first-order valence-corrected chi connectivity index (χ1v) is 9.13. The van der Waals surface area contributed by atoms with Gasteiger partial charge in [0, 0.05) is 37.6 Å². The van der Waals surface area contributed by atoms with Crippen molar-refractivity contribution in [1.82, 2.24) is 10.3 Å². The first-order valence-electron chi connectivity index (χ1n) is 9.13. The second-order valence-electron chi connectivity index (χ2n) is 6.47. The van der Waals surface area contributed by atoms with Crippen molar-refractivity contribution in [1.29, 1.82) is 0 Å². The number of rotatable bonds is 5. The molecule has 0 spiro atoms. The molecule has 1 aromatic heterocycles. The molecule has 2 amide bonds. The van der Waals surface area contributed by atoms with Crippen LogP contribution in [0, 0.1) is 0 Å². The first-order chi connectivity index (χ1) is 12.7. The van der Waals surface area contributed by atoms with Crippen LogP contribution in [0.4, 0.5) is 16.3 Å². The highest BCUT2D eigenvalue weighted by atomic mass is 16.5. The number of hydrogen-bond donors (Lipinski definition) is 2. The van der Waals surface area contributed by atoms with Crippen LogP contribution in [0.1, 0.15) is 31.2 Å². The van der Waals surface area contributed by atoms with Crippen LogP contribution in [0.15, 0.2) is 42.6 Å². The highest BCUT2D eigenvalue weighted by Crippen LogP contribution is 2.18. The lowest BCUT2D eigenvalue weighted by Crippen LogP contribution is -2.28. The molecule has 1 aliphatic rings. The molecule has 0 bridgehead atoms. The summed E-state index contributed by atoms with van der Waals surface area (Å²) in [5.41, 5.74) is 1.67. The van der Waals surface area contributed by atoms with Crippen molar-refractivity contribution in [2.75, 3.05) is 30.4 Å². The number of hydrogen-bond acceptors (Lipinski definition) is 4. The molecule has 0 aliphatic carbocycles. The van der Waals surface area contributed by atoms with Crippen molar-refractivity contribution in [2.45, 2.75) is 32.2 Å². The number of nitrogens with zero attached hydrogens (tertiary/aromatic N) is 2. The Kier molecular flexibility index (Phi) is 6.30. The molecule has 6 heteroatoms. The largest absolute Gasteiger partial charge is 0.497 e. The minimum absolute atomic E-state index is 0.255. The molecule has 0 saturated carbocycles. The summed E-state index contributed by atoms with van der Waals surface area (Å²) in [6.07, 6.45) is 6.92. The molecule has 0 atom stereocenters. The number of benzene rings is 1. The van der Waals surface area contributed by atoms with Crippen molar-refractivity contribution < 1.29 is 9.53 Å². The quantitative estimate of drug-likeness (QED) is 0.857. The molecule has 3 rings (SSSR count). The van der Waals surface area contributed by atoms with Gasteiger partial charge in [-0.15, -0.1) is 0 Å². The van der Waals surface area contributed by atoms with E-state index >= 15 is 0 Å². The van der Waals surface area contributed by atoms with Gasteiger partial charge in [0.2, 0.25) is 0 Å². The minimum Gasteiger partial charge on any atom is -0.497 e. The van der Waals surface area contributed by atoms with E-state index < -0.39 is 0 Å². The predicted octanol–water partition coefficient (Wildman–Crippen LogP) is 3.79. The van der Waals surface area contributed by atoms with Gasteiger partial charge in [0.15, 0.2) is 0 Å². The zero-order valence-electron chi connectivity index (χ0n) is 15.2. The summed E-state index contributed by atoms with van der Waals surface area (Å²) < 4.78 is 5.15. The van der Waals surface area contributed by atoms with E-state index in [0.717, 1.165) is 24.5 Å². The summed E-state index contributed by atoms with van der Waals surface area (Å²) in [5, 5.41) is 5.65. The number of amides is 2. The lowest BCUT2D eigenvalue weighted by atomic mass is 10.2. The number of ether oxygens (including phenoxy) is 1. The standard InChI is InChI=1S/C20H26N4O2/c1-26-18-8-6-7-17(13-18)23-20(25)22-15-16-9-10-19(21-14-16)24-11-4-2-3-5-12-24/h6-10,13-14H,2-5,11-12,15H2,1H3,(H2,22,23,25). The molecule has 2 N–H and O–H groups in total.